The smallest absolute Gasteiger partial charge is 0.225 e. The summed E-state index contributed by atoms with van der Waals surface area (Å²) in [5.74, 6) is 2.35. The van der Waals surface area contributed by atoms with Gasteiger partial charge in [-0.15, -0.1) is 0 Å². The molecule has 2 heterocycles. The molecule has 2 fully saturated rings. The van der Waals surface area contributed by atoms with E-state index in [0.29, 0.717) is 17.7 Å². The summed E-state index contributed by atoms with van der Waals surface area (Å²) in [4.78, 5) is 15.0. The number of hydrogen-bond acceptors (Lipinski definition) is 2. The molecule has 1 aliphatic heterocycles. The lowest BCUT2D eigenvalue weighted by Gasteiger charge is -2.36. The monoisotopic (exact) mass is 333 g/mol. The molecular formula is C20H31NOS. The Morgan fingerprint density at radius 3 is 2.52 bits per heavy atom. The number of rotatable bonds is 5. The minimum atomic E-state index is 0.325. The zero-order valence-corrected chi connectivity index (χ0v) is 15.3. The highest BCUT2D eigenvalue weighted by Crippen LogP contribution is 2.35. The minimum absolute atomic E-state index is 0.325. The van der Waals surface area contributed by atoms with Crippen LogP contribution in [0.1, 0.15) is 76.2 Å². The average molecular weight is 334 g/mol. The van der Waals surface area contributed by atoms with E-state index in [-0.39, 0.29) is 0 Å². The van der Waals surface area contributed by atoms with Crippen LogP contribution in [0.5, 0.6) is 0 Å². The predicted octanol–water partition coefficient (Wildman–Crippen LogP) is 5.45. The van der Waals surface area contributed by atoms with Crippen LogP contribution in [-0.4, -0.2) is 23.9 Å². The van der Waals surface area contributed by atoms with Crippen LogP contribution in [0.2, 0.25) is 0 Å². The molecule has 2 nitrogen and oxygen atoms in total. The van der Waals surface area contributed by atoms with Crippen LogP contribution in [0, 0.1) is 11.8 Å². The summed E-state index contributed by atoms with van der Waals surface area (Å²) in [6.45, 7) is 4.21. The number of carbonyl (C=O) groups excluding carboxylic acids is 1. The highest BCUT2D eigenvalue weighted by Gasteiger charge is 2.31. The van der Waals surface area contributed by atoms with Crippen LogP contribution in [0.25, 0.3) is 0 Å². The van der Waals surface area contributed by atoms with Gasteiger partial charge in [0.15, 0.2) is 0 Å². The van der Waals surface area contributed by atoms with E-state index < -0.39 is 0 Å². The van der Waals surface area contributed by atoms with Gasteiger partial charge in [-0.3, -0.25) is 4.79 Å². The molecule has 0 bridgehead atoms. The molecule has 0 N–H and O–H groups in total. The molecule has 128 valence electrons. The maximum Gasteiger partial charge on any atom is 0.225 e. The second-order valence-corrected chi connectivity index (χ2v) is 8.30. The van der Waals surface area contributed by atoms with Gasteiger partial charge in [-0.2, -0.15) is 11.3 Å². The van der Waals surface area contributed by atoms with Gasteiger partial charge in [0.1, 0.15) is 0 Å². The number of nitrogens with zero attached hydrogens (tertiary/aromatic N) is 1. The standard InChI is InChI=1S/C20H31NOS/c1-2-3-4-16-5-7-18(8-6-16)20(22)21-12-9-17(10-13-21)19-11-14-23-15-19/h11,14-18H,2-10,12-13H2,1H3. The second-order valence-electron chi connectivity index (χ2n) is 7.52. The molecule has 0 atom stereocenters. The van der Waals surface area contributed by atoms with Crippen molar-refractivity contribution in [1.82, 2.24) is 4.90 Å². The van der Waals surface area contributed by atoms with Crippen LogP contribution in [0.3, 0.4) is 0 Å². The Morgan fingerprint density at radius 1 is 1.17 bits per heavy atom. The Hall–Kier alpha value is -0.830. The molecule has 3 rings (SSSR count). The quantitative estimate of drug-likeness (QED) is 0.701. The van der Waals surface area contributed by atoms with Crippen molar-refractivity contribution in [2.24, 2.45) is 11.8 Å². The number of likely N-dealkylation sites (tertiary alicyclic amines) is 1. The van der Waals surface area contributed by atoms with Crippen molar-refractivity contribution < 1.29 is 4.79 Å². The Balaban J connectivity index is 1.43. The van der Waals surface area contributed by atoms with Gasteiger partial charge in [0.05, 0.1) is 0 Å². The summed E-state index contributed by atoms with van der Waals surface area (Å²) >= 11 is 1.79. The van der Waals surface area contributed by atoms with E-state index in [9.17, 15) is 4.79 Å². The van der Waals surface area contributed by atoms with E-state index in [1.807, 2.05) is 0 Å². The molecule has 0 unspecified atom stereocenters. The van der Waals surface area contributed by atoms with Crippen molar-refractivity contribution in [3.63, 3.8) is 0 Å². The molecule has 2 aliphatic rings. The fraction of sp³-hybridized carbons (Fsp3) is 0.750. The van der Waals surface area contributed by atoms with E-state index in [1.165, 1.54) is 37.7 Å². The fourth-order valence-corrected chi connectivity index (χ4v) is 5.13. The van der Waals surface area contributed by atoms with Gasteiger partial charge in [0.25, 0.3) is 0 Å². The first-order valence-corrected chi connectivity index (χ1v) is 10.5. The number of hydrogen-bond donors (Lipinski definition) is 0. The van der Waals surface area contributed by atoms with E-state index in [2.05, 4.69) is 28.7 Å². The van der Waals surface area contributed by atoms with Gasteiger partial charge in [-0.1, -0.05) is 26.2 Å². The van der Waals surface area contributed by atoms with Crippen molar-refractivity contribution in [2.45, 2.75) is 70.6 Å². The summed E-state index contributed by atoms with van der Waals surface area (Å²) in [5.41, 5.74) is 1.48. The average Bonchev–Trinajstić information content (AvgIpc) is 3.14. The van der Waals surface area contributed by atoms with Crippen LogP contribution >= 0.6 is 11.3 Å². The van der Waals surface area contributed by atoms with Gasteiger partial charge < -0.3 is 4.90 Å². The van der Waals surface area contributed by atoms with Crippen molar-refractivity contribution in [3.05, 3.63) is 22.4 Å². The Bertz CT molecular complexity index is 468. The number of unbranched alkanes of at least 4 members (excludes halogenated alkanes) is 1. The largest absolute Gasteiger partial charge is 0.342 e. The molecule has 1 saturated carbocycles. The molecule has 23 heavy (non-hydrogen) atoms. The highest BCUT2D eigenvalue weighted by molar-refractivity contribution is 7.07. The SMILES string of the molecule is CCCCC1CCC(C(=O)N2CCC(c3ccsc3)CC2)CC1. The summed E-state index contributed by atoms with van der Waals surface area (Å²) in [6.07, 6.45) is 11.2. The van der Waals surface area contributed by atoms with Crippen molar-refractivity contribution in [1.29, 1.82) is 0 Å². The lowest BCUT2D eigenvalue weighted by Crippen LogP contribution is -2.42. The third-order valence-electron chi connectivity index (χ3n) is 5.98. The molecular weight excluding hydrogens is 302 g/mol. The lowest BCUT2D eigenvalue weighted by molar-refractivity contribution is -0.138. The van der Waals surface area contributed by atoms with Gasteiger partial charge in [-0.25, -0.2) is 0 Å². The number of carbonyl (C=O) groups is 1. The second kappa shape index (κ2) is 8.32. The number of thiophene rings is 1. The maximum absolute atomic E-state index is 12.8. The van der Waals surface area contributed by atoms with Crippen molar-refractivity contribution in [2.75, 3.05) is 13.1 Å². The first-order chi connectivity index (χ1) is 11.3. The van der Waals surface area contributed by atoms with Crippen molar-refractivity contribution >= 4 is 17.2 Å². The molecule has 0 aromatic carbocycles. The van der Waals surface area contributed by atoms with Crippen molar-refractivity contribution in [3.8, 4) is 0 Å². The predicted molar refractivity (Wildman–Crippen MR) is 97.8 cm³/mol. The lowest BCUT2D eigenvalue weighted by atomic mass is 9.79. The first-order valence-electron chi connectivity index (χ1n) is 9.58. The molecule has 0 spiro atoms. The maximum atomic E-state index is 12.8. The molecule has 1 amide bonds. The number of amides is 1. The van der Waals surface area contributed by atoms with Gasteiger partial charge >= 0.3 is 0 Å². The minimum Gasteiger partial charge on any atom is -0.342 e. The fourth-order valence-electron chi connectivity index (χ4n) is 4.39. The molecule has 1 aromatic rings. The number of piperidine rings is 1. The van der Waals surface area contributed by atoms with Gasteiger partial charge in [0.2, 0.25) is 5.91 Å². The molecule has 0 radical (unpaired) electrons. The Kier molecular flexibility index (Phi) is 6.15. The van der Waals surface area contributed by atoms with Crippen LogP contribution in [0.4, 0.5) is 0 Å². The third-order valence-corrected chi connectivity index (χ3v) is 6.68. The van der Waals surface area contributed by atoms with Gasteiger partial charge in [0, 0.05) is 19.0 Å². The Morgan fingerprint density at radius 2 is 1.91 bits per heavy atom. The molecule has 1 aliphatic carbocycles. The highest BCUT2D eigenvalue weighted by atomic mass is 32.1. The molecule has 1 aromatic heterocycles. The van der Waals surface area contributed by atoms with E-state index in [4.69, 9.17) is 0 Å². The van der Waals surface area contributed by atoms with Crippen LogP contribution in [-0.2, 0) is 4.79 Å². The summed E-state index contributed by atoms with van der Waals surface area (Å²) in [7, 11) is 0. The molecule has 1 saturated heterocycles. The Labute approximate surface area is 145 Å². The summed E-state index contributed by atoms with van der Waals surface area (Å²) < 4.78 is 0. The molecule has 3 heteroatoms. The summed E-state index contributed by atoms with van der Waals surface area (Å²) in [6, 6.07) is 2.25. The van der Waals surface area contributed by atoms with Crippen LogP contribution < -0.4 is 0 Å². The normalized spacial score (nSPS) is 26.4. The first kappa shape index (κ1) is 17.0. The zero-order valence-electron chi connectivity index (χ0n) is 14.5. The van der Waals surface area contributed by atoms with Gasteiger partial charge in [-0.05, 0) is 72.8 Å². The van der Waals surface area contributed by atoms with E-state index in [0.717, 1.165) is 44.7 Å². The third kappa shape index (κ3) is 4.37. The van der Waals surface area contributed by atoms with Crippen LogP contribution in [0.15, 0.2) is 16.8 Å². The zero-order chi connectivity index (χ0) is 16.1. The summed E-state index contributed by atoms with van der Waals surface area (Å²) in [5, 5.41) is 4.45. The van der Waals surface area contributed by atoms with E-state index >= 15 is 0 Å². The van der Waals surface area contributed by atoms with E-state index in [1.54, 1.807) is 11.3 Å². The topological polar surface area (TPSA) is 20.3 Å².